The molecule has 0 spiro atoms. The van der Waals surface area contributed by atoms with Crippen molar-refractivity contribution in [3.8, 4) is 11.5 Å². The second-order valence-electron chi connectivity index (χ2n) is 6.05. The molecule has 1 aliphatic rings. The molecule has 1 fully saturated rings. The molecule has 2 amide bonds. The van der Waals surface area contributed by atoms with Crippen molar-refractivity contribution < 1.29 is 19.1 Å². The van der Waals surface area contributed by atoms with E-state index in [-0.39, 0.29) is 24.3 Å². The summed E-state index contributed by atoms with van der Waals surface area (Å²) in [5.41, 5.74) is 0.519. The summed E-state index contributed by atoms with van der Waals surface area (Å²) in [4.78, 5) is 24.2. The van der Waals surface area contributed by atoms with Crippen LogP contribution in [0.15, 0.2) is 18.2 Å². The molecular formula is C18H26N2O4. The minimum Gasteiger partial charge on any atom is -0.497 e. The number of ether oxygens (including phenoxy) is 2. The van der Waals surface area contributed by atoms with Crippen molar-refractivity contribution in [1.29, 1.82) is 0 Å². The van der Waals surface area contributed by atoms with Crippen molar-refractivity contribution in [3.05, 3.63) is 18.2 Å². The maximum absolute atomic E-state index is 12.1. The summed E-state index contributed by atoms with van der Waals surface area (Å²) >= 11 is 0. The van der Waals surface area contributed by atoms with E-state index < -0.39 is 0 Å². The molecule has 1 saturated carbocycles. The van der Waals surface area contributed by atoms with Crippen LogP contribution in [0.25, 0.3) is 0 Å². The molecule has 0 aromatic heterocycles. The summed E-state index contributed by atoms with van der Waals surface area (Å²) in [6.45, 7) is 0. The zero-order valence-electron chi connectivity index (χ0n) is 14.4. The van der Waals surface area contributed by atoms with Gasteiger partial charge in [-0.25, -0.2) is 0 Å². The van der Waals surface area contributed by atoms with Crippen LogP contribution in [-0.2, 0) is 9.59 Å². The lowest BCUT2D eigenvalue weighted by molar-refractivity contribution is -0.127. The lowest BCUT2D eigenvalue weighted by Crippen LogP contribution is -2.36. The van der Waals surface area contributed by atoms with E-state index in [1.165, 1.54) is 20.0 Å². The van der Waals surface area contributed by atoms with E-state index in [0.29, 0.717) is 17.2 Å². The highest BCUT2D eigenvalue weighted by molar-refractivity contribution is 6.04. The average molecular weight is 334 g/mol. The van der Waals surface area contributed by atoms with Gasteiger partial charge in [0, 0.05) is 12.1 Å². The van der Waals surface area contributed by atoms with Crippen LogP contribution < -0.4 is 20.1 Å². The summed E-state index contributed by atoms with van der Waals surface area (Å²) < 4.78 is 10.4. The minimum atomic E-state index is -0.357. The maximum atomic E-state index is 12.1. The van der Waals surface area contributed by atoms with Gasteiger partial charge in [0.25, 0.3) is 0 Å². The van der Waals surface area contributed by atoms with Gasteiger partial charge in [0.15, 0.2) is 0 Å². The number of nitrogens with one attached hydrogen (secondary N) is 2. The number of anilines is 1. The second-order valence-corrected chi connectivity index (χ2v) is 6.05. The Labute approximate surface area is 142 Å². The van der Waals surface area contributed by atoms with Gasteiger partial charge < -0.3 is 20.1 Å². The third-order valence-electron chi connectivity index (χ3n) is 4.22. The number of rotatable bonds is 6. The van der Waals surface area contributed by atoms with E-state index in [1.807, 2.05) is 0 Å². The predicted molar refractivity (Wildman–Crippen MR) is 92.4 cm³/mol. The lowest BCUT2D eigenvalue weighted by atomic mass is 10.1. The van der Waals surface area contributed by atoms with Gasteiger partial charge in [-0.2, -0.15) is 0 Å². The third-order valence-corrected chi connectivity index (χ3v) is 4.22. The minimum absolute atomic E-state index is 0.189. The first-order valence-electron chi connectivity index (χ1n) is 8.43. The van der Waals surface area contributed by atoms with Gasteiger partial charge in [0.1, 0.15) is 17.9 Å². The van der Waals surface area contributed by atoms with Gasteiger partial charge in [-0.05, 0) is 25.0 Å². The van der Waals surface area contributed by atoms with Gasteiger partial charge in [-0.15, -0.1) is 0 Å². The van der Waals surface area contributed by atoms with Crippen LogP contribution in [0.4, 0.5) is 5.69 Å². The molecule has 0 radical (unpaired) electrons. The first kappa shape index (κ1) is 18.1. The quantitative estimate of drug-likeness (QED) is 0.619. The molecule has 0 atom stereocenters. The Bertz CT molecular complexity index is 566. The highest BCUT2D eigenvalue weighted by Crippen LogP contribution is 2.29. The first-order chi connectivity index (χ1) is 11.6. The van der Waals surface area contributed by atoms with Crippen molar-refractivity contribution in [2.45, 2.75) is 51.0 Å². The van der Waals surface area contributed by atoms with Crippen molar-refractivity contribution in [2.75, 3.05) is 19.5 Å². The summed E-state index contributed by atoms with van der Waals surface area (Å²) in [5, 5.41) is 5.68. The Hall–Kier alpha value is -2.24. The monoisotopic (exact) mass is 334 g/mol. The maximum Gasteiger partial charge on any atom is 0.233 e. The number of carbonyl (C=O) groups excluding carboxylic acids is 2. The largest absolute Gasteiger partial charge is 0.497 e. The molecule has 1 aliphatic carbocycles. The van der Waals surface area contributed by atoms with Gasteiger partial charge in [0.05, 0.1) is 19.9 Å². The van der Waals surface area contributed by atoms with Gasteiger partial charge in [0.2, 0.25) is 11.8 Å². The van der Waals surface area contributed by atoms with Crippen molar-refractivity contribution in [2.24, 2.45) is 0 Å². The SMILES string of the molecule is COc1ccc(NC(=O)CC(=O)NC2CCCCCC2)c(OC)c1. The van der Waals surface area contributed by atoms with Crippen LogP contribution in [0.1, 0.15) is 44.9 Å². The molecule has 6 heteroatoms. The van der Waals surface area contributed by atoms with Crippen LogP contribution >= 0.6 is 0 Å². The van der Waals surface area contributed by atoms with E-state index in [9.17, 15) is 9.59 Å². The summed E-state index contributed by atoms with van der Waals surface area (Å²) in [7, 11) is 3.08. The fraction of sp³-hybridized carbons (Fsp3) is 0.556. The molecule has 1 aromatic carbocycles. The first-order valence-corrected chi connectivity index (χ1v) is 8.43. The smallest absolute Gasteiger partial charge is 0.233 e. The van der Waals surface area contributed by atoms with Crippen LogP contribution in [0.2, 0.25) is 0 Å². The highest BCUT2D eigenvalue weighted by Gasteiger charge is 2.17. The van der Waals surface area contributed by atoms with Crippen molar-refractivity contribution in [1.82, 2.24) is 5.32 Å². The van der Waals surface area contributed by atoms with Crippen molar-refractivity contribution in [3.63, 3.8) is 0 Å². The molecule has 2 N–H and O–H groups in total. The number of hydrogen-bond donors (Lipinski definition) is 2. The Morgan fingerprint density at radius 1 is 1.04 bits per heavy atom. The van der Waals surface area contributed by atoms with Gasteiger partial charge in [-0.3, -0.25) is 9.59 Å². The summed E-state index contributed by atoms with van der Waals surface area (Å²) in [6.07, 6.45) is 6.54. The van der Waals surface area contributed by atoms with Gasteiger partial charge in [-0.1, -0.05) is 25.7 Å². The highest BCUT2D eigenvalue weighted by atomic mass is 16.5. The Morgan fingerprint density at radius 3 is 2.38 bits per heavy atom. The predicted octanol–water partition coefficient (Wildman–Crippen LogP) is 2.87. The zero-order chi connectivity index (χ0) is 17.4. The number of amides is 2. The number of hydrogen-bond acceptors (Lipinski definition) is 4. The van der Waals surface area contributed by atoms with E-state index in [4.69, 9.17) is 9.47 Å². The van der Waals surface area contributed by atoms with Crippen LogP contribution in [0.3, 0.4) is 0 Å². The van der Waals surface area contributed by atoms with E-state index in [1.54, 1.807) is 25.3 Å². The third kappa shape index (κ3) is 5.44. The van der Waals surface area contributed by atoms with E-state index >= 15 is 0 Å². The number of carbonyl (C=O) groups is 2. The molecule has 0 heterocycles. The number of methoxy groups -OCH3 is 2. The van der Waals surface area contributed by atoms with Crippen LogP contribution in [0.5, 0.6) is 11.5 Å². The Morgan fingerprint density at radius 2 is 1.75 bits per heavy atom. The fourth-order valence-corrected chi connectivity index (χ4v) is 2.94. The van der Waals surface area contributed by atoms with Crippen molar-refractivity contribution >= 4 is 17.5 Å². The van der Waals surface area contributed by atoms with Crippen LogP contribution in [-0.4, -0.2) is 32.1 Å². The summed E-state index contributed by atoms with van der Waals surface area (Å²) in [5.74, 6) is 0.541. The van der Waals surface area contributed by atoms with Crippen LogP contribution in [0, 0.1) is 0 Å². The molecule has 6 nitrogen and oxygen atoms in total. The average Bonchev–Trinajstić information content (AvgIpc) is 2.83. The molecular weight excluding hydrogens is 308 g/mol. The molecule has 2 rings (SSSR count). The summed E-state index contributed by atoms with van der Waals surface area (Å²) in [6, 6.07) is 5.30. The molecule has 0 unspecified atom stereocenters. The molecule has 1 aromatic rings. The van der Waals surface area contributed by atoms with E-state index in [2.05, 4.69) is 10.6 Å². The Balaban J connectivity index is 1.87. The molecule has 0 bridgehead atoms. The number of benzene rings is 1. The molecule has 0 saturated heterocycles. The topological polar surface area (TPSA) is 76.7 Å². The molecule has 132 valence electrons. The Kier molecular flexibility index (Phi) is 6.90. The normalized spacial score (nSPS) is 15.2. The van der Waals surface area contributed by atoms with Gasteiger partial charge >= 0.3 is 0 Å². The zero-order valence-corrected chi connectivity index (χ0v) is 14.4. The molecule has 24 heavy (non-hydrogen) atoms. The van der Waals surface area contributed by atoms with E-state index in [0.717, 1.165) is 25.7 Å². The standard InChI is InChI=1S/C18H26N2O4/c1-23-14-9-10-15(16(11-14)24-2)20-18(22)12-17(21)19-13-7-5-3-4-6-8-13/h9-11,13H,3-8,12H2,1-2H3,(H,19,21)(H,20,22). The fourth-order valence-electron chi connectivity index (χ4n) is 2.94. The molecule has 0 aliphatic heterocycles. The lowest BCUT2D eigenvalue weighted by Gasteiger charge is -2.16. The second kappa shape index (κ2) is 9.15.